The Labute approximate surface area is 94.2 Å². The summed E-state index contributed by atoms with van der Waals surface area (Å²) in [5.41, 5.74) is 5.82. The van der Waals surface area contributed by atoms with Crippen LogP contribution in [0.5, 0.6) is 0 Å². The Morgan fingerprint density at radius 2 is 2.20 bits per heavy atom. The second-order valence-electron chi connectivity index (χ2n) is 4.30. The molecule has 86 valence electrons. The first kappa shape index (κ1) is 12.5. The molecule has 1 saturated carbocycles. The molecule has 0 aliphatic heterocycles. The third-order valence-electron chi connectivity index (χ3n) is 3.50. The highest BCUT2D eigenvalue weighted by Crippen LogP contribution is 2.29. The Hall–Kier alpha value is -0.520. The zero-order valence-electron chi connectivity index (χ0n) is 10.1. The summed E-state index contributed by atoms with van der Waals surface area (Å²) in [6, 6.07) is 0.721. The van der Waals surface area contributed by atoms with Crippen LogP contribution in [0.25, 0.3) is 0 Å². The third kappa shape index (κ3) is 3.52. The second-order valence-corrected chi connectivity index (χ2v) is 4.30. The molecule has 0 aromatic carbocycles. The monoisotopic (exact) mass is 208 g/mol. The van der Waals surface area contributed by atoms with E-state index in [0.717, 1.165) is 38.0 Å². The first-order chi connectivity index (χ1) is 7.33. The molecule has 2 nitrogen and oxygen atoms in total. The van der Waals surface area contributed by atoms with Gasteiger partial charge in [-0.1, -0.05) is 13.3 Å². The fourth-order valence-corrected chi connectivity index (χ4v) is 2.66. The molecule has 0 radical (unpaired) electrons. The van der Waals surface area contributed by atoms with Crippen molar-refractivity contribution in [1.29, 1.82) is 0 Å². The quantitative estimate of drug-likeness (QED) is 0.699. The van der Waals surface area contributed by atoms with Crippen LogP contribution in [0.15, 0.2) is 0 Å². The number of nitrogens with two attached hydrogens (primary N) is 1. The number of rotatable bonds is 5. The van der Waals surface area contributed by atoms with E-state index >= 15 is 0 Å². The van der Waals surface area contributed by atoms with Gasteiger partial charge in [0.2, 0.25) is 0 Å². The lowest BCUT2D eigenvalue weighted by Crippen LogP contribution is -2.40. The van der Waals surface area contributed by atoms with E-state index in [2.05, 4.69) is 23.7 Å². The summed E-state index contributed by atoms with van der Waals surface area (Å²) in [5.74, 6) is 6.83. The SMILES string of the molecule is CC#CCCN(CC)C1CCCC1CN. The first-order valence-electron chi connectivity index (χ1n) is 6.17. The summed E-state index contributed by atoms with van der Waals surface area (Å²) in [4.78, 5) is 2.56. The van der Waals surface area contributed by atoms with E-state index in [1.165, 1.54) is 19.3 Å². The van der Waals surface area contributed by atoms with Crippen LogP contribution in [0.2, 0.25) is 0 Å². The highest BCUT2D eigenvalue weighted by atomic mass is 15.2. The molecule has 2 heteroatoms. The van der Waals surface area contributed by atoms with Crippen molar-refractivity contribution in [2.24, 2.45) is 11.7 Å². The van der Waals surface area contributed by atoms with E-state index in [1.807, 2.05) is 6.92 Å². The molecule has 2 atom stereocenters. The Balaban J connectivity index is 2.44. The fourth-order valence-electron chi connectivity index (χ4n) is 2.66. The topological polar surface area (TPSA) is 29.3 Å². The molecule has 0 bridgehead atoms. The summed E-state index contributed by atoms with van der Waals surface area (Å²) in [6.45, 7) is 7.24. The molecule has 1 rings (SSSR count). The first-order valence-corrected chi connectivity index (χ1v) is 6.17. The maximum absolute atomic E-state index is 5.82. The second kappa shape index (κ2) is 6.87. The molecule has 0 heterocycles. The van der Waals surface area contributed by atoms with Crippen LogP contribution in [0.1, 0.15) is 39.5 Å². The van der Waals surface area contributed by atoms with Crippen LogP contribution in [0.3, 0.4) is 0 Å². The van der Waals surface area contributed by atoms with E-state index in [-0.39, 0.29) is 0 Å². The van der Waals surface area contributed by atoms with Crippen LogP contribution in [0.4, 0.5) is 0 Å². The van der Waals surface area contributed by atoms with Crippen molar-refractivity contribution in [2.75, 3.05) is 19.6 Å². The van der Waals surface area contributed by atoms with Gasteiger partial charge < -0.3 is 5.73 Å². The highest BCUT2D eigenvalue weighted by Gasteiger charge is 2.29. The van der Waals surface area contributed by atoms with Gasteiger partial charge in [0.25, 0.3) is 0 Å². The van der Waals surface area contributed by atoms with Gasteiger partial charge in [-0.05, 0) is 38.8 Å². The smallest absolute Gasteiger partial charge is 0.0217 e. The lowest BCUT2D eigenvalue weighted by atomic mass is 10.0. The van der Waals surface area contributed by atoms with E-state index < -0.39 is 0 Å². The number of nitrogens with zero attached hydrogens (tertiary/aromatic N) is 1. The molecule has 15 heavy (non-hydrogen) atoms. The third-order valence-corrected chi connectivity index (χ3v) is 3.50. The molecule has 0 spiro atoms. The average Bonchev–Trinajstić information content (AvgIpc) is 2.72. The van der Waals surface area contributed by atoms with Gasteiger partial charge in [-0.3, -0.25) is 4.90 Å². The van der Waals surface area contributed by atoms with Crippen molar-refractivity contribution in [1.82, 2.24) is 4.90 Å². The van der Waals surface area contributed by atoms with E-state index in [0.29, 0.717) is 0 Å². The van der Waals surface area contributed by atoms with E-state index in [9.17, 15) is 0 Å². The summed E-state index contributed by atoms with van der Waals surface area (Å²) in [5, 5.41) is 0. The molecule has 1 aliphatic carbocycles. The Morgan fingerprint density at radius 1 is 1.40 bits per heavy atom. The molecule has 2 N–H and O–H groups in total. The van der Waals surface area contributed by atoms with Crippen LogP contribution < -0.4 is 5.73 Å². The highest BCUT2D eigenvalue weighted by molar-refractivity contribution is 4.96. The van der Waals surface area contributed by atoms with Crippen molar-refractivity contribution in [3.63, 3.8) is 0 Å². The fraction of sp³-hybridized carbons (Fsp3) is 0.846. The normalized spacial score (nSPS) is 25.3. The largest absolute Gasteiger partial charge is 0.330 e. The van der Waals surface area contributed by atoms with E-state index in [1.54, 1.807) is 0 Å². The number of hydrogen-bond donors (Lipinski definition) is 1. The molecular formula is C13H24N2. The summed E-state index contributed by atoms with van der Waals surface area (Å²) in [7, 11) is 0. The average molecular weight is 208 g/mol. The molecule has 2 unspecified atom stereocenters. The zero-order valence-corrected chi connectivity index (χ0v) is 10.1. The van der Waals surface area contributed by atoms with Gasteiger partial charge in [0.05, 0.1) is 0 Å². The number of hydrogen-bond acceptors (Lipinski definition) is 2. The summed E-state index contributed by atoms with van der Waals surface area (Å²) >= 11 is 0. The molecule has 0 amide bonds. The summed E-state index contributed by atoms with van der Waals surface area (Å²) < 4.78 is 0. The summed E-state index contributed by atoms with van der Waals surface area (Å²) in [6.07, 6.45) is 4.99. The predicted octanol–water partition coefficient (Wildman–Crippen LogP) is 1.85. The standard InChI is InChI=1S/C13H24N2/c1-3-5-6-10-15(4-2)13-9-7-8-12(13)11-14/h12-13H,4,6-11,14H2,1-2H3. The van der Waals surface area contributed by atoms with Gasteiger partial charge in [-0.25, -0.2) is 0 Å². The van der Waals surface area contributed by atoms with Crippen LogP contribution in [-0.4, -0.2) is 30.6 Å². The minimum atomic E-state index is 0.721. The lowest BCUT2D eigenvalue weighted by Gasteiger charge is -2.31. The maximum atomic E-state index is 5.82. The molecule has 0 saturated heterocycles. The van der Waals surface area contributed by atoms with Gasteiger partial charge in [0, 0.05) is 19.0 Å². The van der Waals surface area contributed by atoms with Crippen molar-refractivity contribution in [3.05, 3.63) is 0 Å². The Morgan fingerprint density at radius 3 is 2.80 bits per heavy atom. The molecule has 1 fully saturated rings. The Kier molecular flexibility index (Phi) is 5.75. The maximum Gasteiger partial charge on any atom is 0.0217 e. The van der Waals surface area contributed by atoms with Gasteiger partial charge >= 0.3 is 0 Å². The van der Waals surface area contributed by atoms with Gasteiger partial charge in [-0.15, -0.1) is 11.8 Å². The predicted molar refractivity (Wildman–Crippen MR) is 65.5 cm³/mol. The van der Waals surface area contributed by atoms with Crippen LogP contribution in [0, 0.1) is 17.8 Å². The van der Waals surface area contributed by atoms with Gasteiger partial charge in [0.1, 0.15) is 0 Å². The van der Waals surface area contributed by atoms with Crippen molar-refractivity contribution in [3.8, 4) is 11.8 Å². The minimum absolute atomic E-state index is 0.721. The van der Waals surface area contributed by atoms with Crippen LogP contribution in [-0.2, 0) is 0 Å². The molecule has 0 aromatic rings. The minimum Gasteiger partial charge on any atom is -0.330 e. The van der Waals surface area contributed by atoms with Crippen molar-refractivity contribution in [2.45, 2.75) is 45.6 Å². The lowest BCUT2D eigenvalue weighted by molar-refractivity contribution is 0.174. The van der Waals surface area contributed by atoms with Crippen molar-refractivity contribution < 1.29 is 0 Å². The zero-order chi connectivity index (χ0) is 11.1. The van der Waals surface area contributed by atoms with Crippen LogP contribution >= 0.6 is 0 Å². The Bertz CT molecular complexity index is 226. The van der Waals surface area contributed by atoms with Gasteiger partial charge in [0.15, 0.2) is 0 Å². The molecule has 0 aromatic heterocycles. The van der Waals surface area contributed by atoms with Gasteiger partial charge in [-0.2, -0.15) is 0 Å². The van der Waals surface area contributed by atoms with E-state index in [4.69, 9.17) is 5.73 Å². The van der Waals surface area contributed by atoms with Crippen molar-refractivity contribution >= 4 is 0 Å². The molecular weight excluding hydrogens is 184 g/mol. The molecule has 1 aliphatic rings.